The van der Waals surface area contributed by atoms with Gasteiger partial charge in [0.1, 0.15) is 29.6 Å². The molecule has 0 fully saturated rings. The largest absolute Gasteiger partial charge is 0.508 e. The molecule has 0 bridgehead atoms. The lowest BCUT2D eigenvalue weighted by atomic mass is 10.2. The summed E-state index contributed by atoms with van der Waals surface area (Å²) in [6.45, 7) is 4.26. The van der Waals surface area contributed by atoms with E-state index in [9.17, 15) is 5.11 Å². The van der Waals surface area contributed by atoms with Crippen LogP contribution in [-0.2, 0) is 6.61 Å². The predicted octanol–water partition coefficient (Wildman–Crippen LogP) is 6.03. The molecule has 0 spiro atoms. The van der Waals surface area contributed by atoms with Crippen LogP contribution >= 0.6 is 11.6 Å². The molecule has 0 radical (unpaired) electrons. The van der Waals surface area contributed by atoms with Crippen molar-refractivity contribution < 1.29 is 14.6 Å². The molecule has 0 saturated carbocycles. The van der Waals surface area contributed by atoms with E-state index in [1.54, 1.807) is 12.1 Å². The molecule has 128 valence electrons. The van der Waals surface area contributed by atoms with Crippen molar-refractivity contribution in [2.75, 3.05) is 0 Å². The Balaban J connectivity index is 1.77. The summed E-state index contributed by atoms with van der Waals surface area (Å²) in [6.07, 6.45) is 0. The third-order valence-corrected chi connectivity index (χ3v) is 4.02. The molecule has 25 heavy (non-hydrogen) atoms. The lowest BCUT2D eigenvalue weighted by Gasteiger charge is -2.12. The van der Waals surface area contributed by atoms with Crippen LogP contribution in [0.4, 0.5) is 0 Å². The lowest BCUT2D eigenvalue weighted by molar-refractivity contribution is 0.304. The molecule has 0 unspecified atom stereocenters. The van der Waals surface area contributed by atoms with E-state index in [1.165, 1.54) is 0 Å². The highest BCUT2D eigenvalue weighted by atomic mass is 35.5. The normalized spacial score (nSPS) is 10.5. The fourth-order valence-corrected chi connectivity index (χ4v) is 2.75. The molecule has 1 N–H and O–H groups in total. The summed E-state index contributed by atoms with van der Waals surface area (Å²) in [7, 11) is 0. The molecule has 3 nitrogen and oxygen atoms in total. The Labute approximate surface area is 152 Å². The van der Waals surface area contributed by atoms with Gasteiger partial charge in [-0.1, -0.05) is 29.8 Å². The van der Waals surface area contributed by atoms with Crippen LogP contribution in [0.3, 0.4) is 0 Å². The van der Waals surface area contributed by atoms with Crippen LogP contribution in [0.2, 0.25) is 5.02 Å². The van der Waals surface area contributed by atoms with Gasteiger partial charge >= 0.3 is 0 Å². The van der Waals surface area contributed by atoms with E-state index in [0.29, 0.717) is 28.9 Å². The van der Waals surface area contributed by atoms with Crippen molar-refractivity contribution in [2.45, 2.75) is 20.5 Å². The predicted molar refractivity (Wildman–Crippen MR) is 99.9 cm³/mol. The van der Waals surface area contributed by atoms with Crippen LogP contribution in [0.5, 0.6) is 23.0 Å². The monoisotopic (exact) mass is 354 g/mol. The van der Waals surface area contributed by atoms with Gasteiger partial charge in [0.15, 0.2) is 0 Å². The standard InChI is InChI=1S/C21H19ClO3/c1-14-7-17(23)11-19(9-14)25-20-10-15(2)8-18(12-20)24-13-16-5-3-4-6-21(16)22/h3-12,23H,13H2,1-2H3. The van der Waals surface area contributed by atoms with E-state index >= 15 is 0 Å². The maximum absolute atomic E-state index is 9.70. The highest BCUT2D eigenvalue weighted by molar-refractivity contribution is 6.31. The van der Waals surface area contributed by atoms with Gasteiger partial charge < -0.3 is 14.6 Å². The van der Waals surface area contributed by atoms with Crippen LogP contribution in [0.25, 0.3) is 0 Å². The quantitative estimate of drug-likeness (QED) is 0.607. The van der Waals surface area contributed by atoms with Crippen molar-refractivity contribution in [3.05, 3.63) is 82.4 Å². The third kappa shape index (κ3) is 4.68. The number of aromatic hydroxyl groups is 1. The average Bonchev–Trinajstić information content (AvgIpc) is 2.52. The molecule has 0 aliphatic rings. The van der Waals surface area contributed by atoms with Crippen LogP contribution in [0.15, 0.2) is 60.7 Å². The summed E-state index contributed by atoms with van der Waals surface area (Å²) in [5.74, 6) is 2.11. The van der Waals surface area contributed by atoms with Gasteiger partial charge in [0.25, 0.3) is 0 Å². The van der Waals surface area contributed by atoms with E-state index in [-0.39, 0.29) is 5.75 Å². The zero-order valence-electron chi connectivity index (χ0n) is 14.1. The first-order valence-corrected chi connectivity index (χ1v) is 8.34. The van der Waals surface area contributed by atoms with Gasteiger partial charge in [-0.3, -0.25) is 0 Å². The summed E-state index contributed by atoms with van der Waals surface area (Å²) < 4.78 is 11.7. The fraction of sp³-hybridized carbons (Fsp3) is 0.143. The number of phenols is 1. The molecule has 3 aromatic carbocycles. The topological polar surface area (TPSA) is 38.7 Å². The summed E-state index contributed by atoms with van der Waals surface area (Å²) in [5.41, 5.74) is 2.87. The third-order valence-electron chi connectivity index (χ3n) is 3.65. The minimum Gasteiger partial charge on any atom is -0.508 e. The van der Waals surface area contributed by atoms with E-state index < -0.39 is 0 Å². The Kier molecular flexibility index (Phi) is 5.15. The number of benzene rings is 3. The van der Waals surface area contributed by atoms with Gasteiger partial charge in [-0.2, -0.15) is 0 Å². The van der Waals surface area contributed by atoms with E-state index in [1.807, 2.05) is 62.4 Å². The number of hydrogen-bond donors (Lipinski definition) is 1. The molecule has 0 aromatic heterocycles. The van der Waals surface area contributed by atoms with Gasteiger partial charge in [-0.25, -0.2) is 0 Å². The Bertz CT molecular complexity index is 870. The van der Waals surface area contributed by atoms with Crippen molar-refractivity contribution in [2.24, 2.45) is 0 Å². The molecular weight excluding hydrogens is 336 g/mol. The summed E-state index contributed by atoms with van der Waals surface area (Å²) in [6, 6.07) is 18.4. The van der Waals surface area contributed by atoms with Crippen molar-refractivity contribution in [1.82, 2.24) is 0 Å². The smallest absolute Gasteiger partial charge is 0.131 e. The molecular formula is C21H19ClO3. The summed E-state index contributed by atoms with van der Waals surface area (Å²) in [4.78, 5) is 0. The number of aryl methyl sites for hydroxylation is 2. The van der Waals surface area contributed by atoms with Crippen molar-refractivity contribution >= 4 is 11.6 Å². The number of hydrogen-bond acceptors (Lipinski definition) is 3. The molecule has 0 aliphatic carbocycles. The maximum Gasteiger partial charge on any atom is 0.131 e. The molecule has 3 aromatic rings. The van der Waals surface area contributed by atoms with Crippen molar-refractivity contribution in [1.29, 1.82) is 0 Å². The Morgan fingerprint density at radius 3 is 2.20 bits per heavy atom. The minimum atomic E-state index is 0.179. The molecule has 0 saturated heterocycles. The Morgan fingerprint density at radius 2 is 1.48 bits per heavy atom. The Morgan fingerprint density at radius 1 is 0.840 bits per heavy atom. The molecule has 0 atom stereocenters. The van der Waals surface area contributed by atoms with Gasteiger partial charge in [-0.15, -0.1) is 0 Å². The Hall–Kier alpha value is -2.65. The van der Waals surface area contributed by atoms with Crippen molar-refractivity contribution in [3.63, 3.8) is 0 Å². The molecule has 0 amide bonds. The number of rotatable bonds is 5. The molecule has 0 aliphatic heterocycles. The first-order valence-electron chi connectivity index (χ1n) is 7.96. The second kappa shape index (κ2) is 7.49. The molecule has 4 heteroatoms. The summed E-state index contributed by atoms with van der Waals surface area (Å²) in [5, 5.41) is 10.4. The second-order valence-electron chi connectivity index (χ2n) is 5.97. The first kappa shape index (κ1) is 17.2. The minimum absolute atomic E-state index is 0.179. The van der Waals surface area contributed by atoms with Crippen LogP contribution < -0.4 is 9.47 Å². The van der Waals surface area contributed by atoms with Crippen LogP contribution in [0, 0.1) is 13.8 Å². The zero-order chi connectivity index (χ0) is 17.8. The average molecular weight is 355 g/mol. The molecule has 3 rings (SSSR count). The van der Waals surface area contributed by atoms with E-state index in [2.05, 4.69) is 0 Å². The first-order chi connectivity index (χ1) is 12.0. The lowest BCUT2D eigenvalue weighted by Crippen LogP contribution is -1.97. The van der Waals surface area contributed by atoms with Crippen LogP contribution in [-0.4, -0.2) is 5.11 Å². The number of ether oxygens (including phenoxy) is 2. The van der Waals surface area contributed by atoms with Gasteiger partial charge in [-0.05, 0) is 55.3 Å². The highest BCUT2D eigenvalue weighted by Crippen LogP contribution is 2.30. The van der Waals surface area contributed by atoms with Crippen LogP contribution in [0.1, 0.15) is 16.7 Å². The SMILES string of the molecule is Cc1cc(O)cc(Oc2cc(C)cc(OCc3ccccc3Cl)c2)c1. The van der Waals surface area contributed by atoms with E-state index in [4.69, 9.17) is 21.1 Å². The van der Waals surface area contributed by atoms with E-state index in [0.717, 1.165) is 16.7 Å². The maximum atomic E-state index is 9.70. The highest BCUT2D eigenvalue weighted by Gasteiger charge is 2.06. The summed E-state index contributed by atoms with van der Waals surface area (Å²) >= 11 is 6.16. The number of phenolic OH excluding ortho intramolecular Hbond substituents is 1. The second-order valence-corrected chi connectivity index (χ2v) is 6.38. The number of halogens is 1. The van der Waals surface area contributed by atoms with Gasteiger partial charge in [0.2, 0.25) is 0 Å². The zero-order valence-corrected chi connectivity index (χ0v) is 14.9. The van der Waals surface area contributed by atoms with Gasteiger partial charge in [0.05, 0.1) is 0 Å². The van der Waals surface area contributed by atoms with Gasteiger partial charge in [0, 0.05) is 22.7 Å². The molecule has 0 heterocycles. The fourth-order valence-electron chi connectivity index (χ4n) is 2.56. The van der Waals surface area contributed by atoms with Crippen molar-refractivity contribution in [3.8, 4) is 23.0 Å².